The summed E-state index contributed by atoms with van der Waals surface area (Å²) in [7, 11) is 0. The van der Waals surface area contributed by atoms with Gasteiger partial charge in [-0.3, -0.25) is 0 Å². The van der Waals surface area contributed by atoms with Gasteiger partial charge in [0.05, 0.1) is 6.61 Å². The molecule has 0 aliphatic heterocycles. The first kappa shape index (κ1) is 13.4. The van der Waals surface area contributed by atoms with Gasteiger partial charge in [0.1, 0.15) is 5.75 Å². The van der Waals surface area contributed by atoms with E-state index in [9.17, 15) is 4.79 Å². The summed E-state index contributed by atoms with van der Waals surface area (Å²) >= 11 is 0. The Hall–Kier alpha value is -1.71. The van der Waals surface area contributed by atoms with Gasteiger partial charge < -0.3 is 15.4 Å². The molecule has 1 aromatic carbocycles. The zero-order valence-corrected chi connectivity index (χ0v) is 10.5. The van der Waals surface area contributed by atoms with Gasteiger partial charge >= 0.3 is 6.03 Å². The molecule has 1 rings (SSSR count). The minimum atomic E-state index is -0.181. The van der Waals surface area contributed by atoms with Gasteiger partial charge in [-0.15, -0.1) is 0 Å². The number of benzene rings is 1. The van der Waals surface area contributed by atoms with Crippen LogP contribution in [0.25, 0.3) is 0 Å². The second-order valence-electron chi connectivity index (χ2n) is 3.76. The van der Waals surface area contributed by atoms with Crippen LogP contribution in [0.1, 0.15) is 26.7 Å². The van der Waals surface area contributed by atoms with Gasteiger partial charge in [-0.1, -0.05) is 19.9 Å². The highest BCUT2D eigenvalue weighted by Crippen LogP contribution is 2.17. The van der Waals surface area contributed by atoms with Gasteiger partial charge in [0, 0.05) is 18.3 Å². The first-order valence-corrected chi connectivity index (χ1v) is 6.04. The Labute approximate surface area is 102 Å². The van der Waals surface area contributed by atoms with Crippen LogP contribution >= 0.6 is 0 Å². The van der Waals surface area contributed by atoms with Crippen molar-refractivity contribution in [2.75, 3.05) is 18.5 Å². The fourth-order valence-electron chi connectivity index (χ4n) is 1.30. The number of anilines is 1. The molecule has 1 aromatic rings. The molecular formula is C13H20N2O2. The quantitative estimate of drug-likeness (QED) is 0.797. The SMILES string of the molecule is CCCNC(=O)Nc1cccc(OCCC)c1. The maximum absolute atomic E-state index is 11.4. The monoisotopic (exact) mass is 236 g/mol. The van der Waals surface area contributed by atoms with Crippen molar-refractivity contribution in [2.45, 2.75) is 26.7 Å². The van der Waals surface area contributed by atoms with Gasteiger partial charge in [0.25, 0.3) is 0 Å². The number of hydrogen-bond donors (Lipinski definition) is 2. The van der Waals surface area contributed by atoms with E-state index >= 15 is 0 Å². The summed E-state index contributed by atoms with van der Waals surface area (Å²) in [5.74, 6) is 0.778. The maximum Gasteiger partial charge on any atom is 0.319 e. The Morgan fingerprint density at radius 3 is 2.82 bits per heavy atom. The zero-order chi connectivity index (χ0) is 12.5. The highest BCUT2D eigenvalue weighted by Gasteiger charge is 2.01. The molecule has 0 saturated heterocycles. The van der Waals surface area contributed by atoms with Crippen LogP contribution in [-0.4, -0.2) is 19.2 Å². The van der Waals surface area contributed by atoms with E-state index in [0.717, 1.165) is 24.3 Å². The van der Waals surface area contributed by atoms with Crippen LogP contribution in [0.4, 0.5) is 10.5 Å². The number of nitrogens with one attached hydrogen (secondary N) is 2. The molecule has 4 nitrogen and oxygen atoms in total. The Bertz CT molecular complexity index is 353. The predicted octanol–water partition coefficient (Wildman–Crippen LogP) is 3.01. The Balaban J connectivity index is 2.50. The van der Waals surface area contributed by atoms with E-state index in [2.05, 4.69) is 17.6 Å². The molecule has 0 fully saturated rings. The van der Waals surface area contributed by atoms with E-state index in [-0.39, 0.29) is 6.03 Å². The van der Waals surface area contributed by atoms with Crippen molar-refractivity contribution in [2.24, 2.45) is 0 Å². The Morgan fingerprint density at radius 2 is 2.12 bits per heavy atom. The highest BCUT2D eigenvalue weighted by molar-refractivity contribution is 5.89. The Morgan fingerprint density at radius 1 is 1.29 bits per heavy atom. The number of urea groups is 1. The van der Waals surface area contributed by atoms with Crippen LogP contribution in [0, 0.1) is 0 Å². The standard InChI is InChI=1S/C13H20N2O2/c1-3-8-14-13(16)15-11-6-5-7-12(10-11)17-9-4-2/h5-7,10H,3-4,8-9H2,1-2H3,(H2,14,15,16). The molecule has 2 amide bonds. The zero-order valence-electron chi connectivity index (χ0n) is 10.5. The fourth-order valence-corrected chi connectivity index (χ4v) is 1.30. The van der Waals surface area contributed by atoms with Crippen molar-refractivity contribution in [1.29, 1.82) is 0 Å². The van der Waals surface area contributed by atoms with Crippen molar-refractivity contribution >= 4 is 11.7 Å². The van der Waals surface area contributed by atoms with Gasteiger partial charge in [-0.05, 0) is 25.0 Å². The van der Waals surface area contributed by atoms with Crippen molar-refractivity contribution in [3.05, 3.63) is 24.3 Å². The molecule has 0 bridgehead atoms. The summed E-state index contributed by atoms with van der Waals surface area (Å²) in [6, 6.07) is 7.22. The minimum absolute atomic E-state index is 0.181. The normalized spacial score (nSPS) is 9.76. The van der Waals surface area contributed by atoms with E-state index < -0.39 is 0 Å². The number of ether oxygens (including phenoxy) is 1. The third-order valence-corrected chi connectivity index (χ3v) is 2.10. The summed E-state index contributed by atoms with van der Waals surface area (Å²) in [6.07, 6.45) is 1.89. The molecule has 0 aliphatic carbocycles. The average molecular weight is 236 g/mol. The smallest absolute Gasteiger partial charge is 0.319 e. The molecule has 0 spiro atoms. The average Bonchev–Trinajstić information content (AvgIpc) is 2.34. The topological polar surface area (TPSA) is 50.4 Å². The molecule has 0 radical (unpaired) electrons. The summed E-state index contributed by atoms with van der Waals surface area (Å²) in [4.78, 5) is 11.4. The lowest BCUT2D eigenvalue weighted by Crippen LogP contribution is -2.29. The van der Waals surface area contributed by atoms with Crippen LogP contribution in [0.15, 0.2) is 24.3 Å². The lowest BCUT2D eigenvalue weighted by atomic mass is 10.3. The fraction of sp³-hybridized carbons (Fsp3) is 0.462. The Kier molecular flexibility index (Phi) is 5.93. The van der Waals surface area contributed by atoms with Crippen molar-refractivity contribution in [3.63, 3.8) is 0 Å². The van der Waals surface area contributed by atoms with Gasteiger partial charge in [-0.25, -0.2) is 4.79 Å². The third kappa shape index (κ3) is 5.24. The van der Waals surface area contributed by atoms with Crippen LogP contribution in [0.2, 0.25) is 0 Å². The molecule has 0 atom stereocenters. The number of rotatable bonds is 6. The molecule has 17 heavy (non-hydrogen) atoms. The van der Waals surface area contributed by atoms with Crippen molar-refractivity contribution in [1.82, 2.24) is 5.32 Å². The molecule has 0 heterocycles. The number of amides is 2. The molecule has 0 saturated carbocycles. The van der Waals surface area contributed by atoms with Gasteiger partial charge in [0.15, 0.2) is 0 Å². The molecule has 4 heteroatoms. The summed E-state index contributed by atoms with van der Waals surface area (Å²) < 4.78 is 5.49. The summed E-state index contributed by atoms with van der Waals surface area (Å²) in [5.41, 5.74) is 0.743. The van der Waals surface area contributed by atoms with Gasteiger partial charge in [-0.2, -0.15) is 0 Å². The number of hydrogen-bond acceptors (Lipinski definition) is 2. The maximum atomic E-state index is 11.4. The molecule has 0 aromatic heterocycles. The lowest BCUT2D eigenvalue weighted by molar-refractivity contribution is 0.252. The molecule has 0 unspecified atom stereocenters. The van der Waals surface area contributed by atoms with Crippen molar-refractivity contribution in [3.8, 4) is 5.75 Å². The van der Waals surface area contributed by atoms with E-state index in [1.807, 2.05) is 31.2 Å². The molecule has 0 aliphatic rings. The summed E-state index contributed by atoms with van der Waals surface area (Å²) in [6.45, 7) is 5.43. The first-order valence-electron chi connectivity index (χ1n) is 6.04. The van der Waals surface area contributed by atoms with E-state index in [0.29, 0.717) is 13.2 Å². The third-order valence-electron chi connectivity index (χ3n) is 2.10. The first-order chi connectivity index (χ1) is 8.26. The molecule has 2 N–H and O–H groups in total. The van der Waals surface area contributed by atoms with Crippen LogP contribution in [0.3, 0.4) is 0 Å². The molecule has 94 valence electrons. The second kappa shape index (κ2) is 7.54. The van der Waals surface area contributed by atoms with E-state index in [1.54, 1.807) is 0 Å². The predicted molar refractivity (Wildman–Crippen MR) is 69.5 cm³/mol. The number of carbonyl (C=O) groups is 1. The van der Waals surface area contributed by atoms with Crippen LogP contribution in [0.5, 0.6) is 5.75 Å². The lowest BCUT2D eigenvalue weighted by Gasteiger charge is -2.09. The number of carbonyl (C=O) groups excluding carboxylic acids is 1. The molecular weight excluding hydrogens is 216 g/mol. The van der Waals surface area contributed by atoms with E-state index in [4.69, 9.17) is 4.74 Å². The van der Waals surface area contributed by atoms with Gasteiger partial charge in [0.2, 0.25) is 0 Å². The van der Waals surface area contributed by atoms with Crippen LogP contribution < -0.4 is 15.4 Å². The van der Waals surface area contributed by atoms with Crippen molar-refractivity contribution < 1.29 is 9.53 Å². The van der Waals surface area contributed by atoms with Crippen LogP contribution in [-0.2, 0) is 0 Å². The summed E-state index contributed by atoms with van der Waals surface area (Å²) in [5, 5.41) is 5.52. The van der Waals surface area contributed by atoms with E-state index in [1.165, 1.54) is 0 Å². The largest absolute Gasteiger partial charge is 0.494 e. The second-order valence-corrected chi connectivity index (χ2v) is 3.76. The minimum Gasteiger partial charge on any atom is -0.494 e. The highest BCUT2D eigenvalue weighted by atomic mass is 16.5.